The number of carbonyl (C=O) groups is 2. The largest absolute Gasteiger partial charge is 0.325 e. The van der Waals surface area contributed by atoms with Gasteiger partial charge in [0.25, 0.3) is 0 Å². The van der Waals surface area contributed by atoms with Crippen molar-refractivity contribution in [3.05, 3.63) is 84.7 Å². The van der Waals surface area contributed by atoms with Gasteiger partial charge in [-0.25, -0.2) is 4.39 Å². The average Bonchev–Trinajstić information content (AvgIpc) is 2.87. The summed E-state index contributed by atoms with van der Waals surface area (Å²) in [6.07, 6.45) is 0. The smallest absolute Gasteiger partial charge is 0.241 e. The summed E-state index contributed by atoms with van der Waals surface area (Å²) in [5.74, 6) is -0.521. The summed E-state index contributed by atoms with van der Waals surface area (Å²) in [6.45, 7) is 4.94. The number of carbonyl (C=O) groups excluding carboxylic acids is 2. The molecule has 2 N–H and O–H groups in total. The molecule has 1 atom stereocenters. The monoisotopic (exact) mass is 492 g/mol. The second kappa shape index (κ2) is 12.0. The minimum atomic E-state index is -0.337. The summed E-state index contributed by atoms with van der Waals surface area (Å²) in [5.41, 5.74) is 1.38. The Hall–Kier alpha value is -3.20. The van der Waals surface area contributed by atoms with Crippen LogP contribution < -0.4 is 10.6 Å². The summed E-state index contributed by atoms with van der Waals surface area (Å²) in [4.78, 5) is 31.7. The van der Waals surface area contributed by atoms with Crippen LogP contribution in [0.1, 0.15) is 6.92 Å². The van der Waals surface area contributed by atoms with E-state index in [0.717, 1.165) is 15.5 Å². The molecule has 2 amide bonds. The molecule has 3 aromatic carbocycles. The second-order valence-electron chi connectivity index (χ2n) is 8.44. The molecule has 3 aromatic rings. The van der Waals surface area contributed by atoms with Gasteiger partial charge in [0.15, 0.2) is 0 Å². The number of hydrogen-bond donors (Lipinski definition) is 2. The molecule has 35 heavy (non-hydrogen) atoms. The number of halogens is 1. The fourth-order valence-electron chi connectivity index (χ4n) is 3.92. The van der Waals surface area contributed by atoms with E-state index in [-0.39, 0.29) is 30.2 Å². The zero-order valence-corrected chi connectivity index (χ0v) is 20.4. The Bertz CT molecular complexity index is 1140. The Balaban J connectivity index is 1.26. The molecule has 4 rings (SSSR count). The van der Waals surface area contributed by atoms with Crippen LogP contribution in [-0.4, -0.2) is 60.4 Å². The van der Waals surface area contributed by atoms with E-state index in [1.165, 1.54) is 12.1 Å². The highest BCUT2D eigenvalue weighted by Crippen LogP contribution is 2.33. The topological polar surface area (TPSA) is 64.7 Å². The van der Waals surface area contributed by atoms with Crippen molar-refractivity contribution in [3.63, 3.8) is 0 Å². The van der Waals surface area contributed by atoms with Gasteiger partial charge in [-0.05, 0) is 55.5 Å². The number of rotatable bonds is 8. The lowest BCUT2D eigenvalue weighted by Gasteiger charge is -2.37. The maximum absolute atomic E-state index is 13.0. The van der Waals surface area contributed by atoms with Gasteiger partial charge in [0.1, 0.15) is 5.82 Å². The number of benzene rings is 3. The fourth-order valence-corrected chi connectivity index (χ4v) is 4.85. The van der Waals surface area contributed by atoms with Crippen LogP contribution in [0.4, 0.5) is 15.8 Å². The lowest BCUT2D eigenvalue weighted by atomic mass is 10.2. The predicted molar refractivity (Wildman–Crippen MR) is 138 cm³/mol. The Labute approximate surface area is 209 Å². The molecule has 1 saturated heterocycles. The normalized spacial score (nSPS) is 15.4. The van der Waals surface area contributed by atoms with Crippen LogP contribution >= 0.6 is 11.8 Å². The van der Waals surface area contributed by atoms with Crippen LogP contribution in [0.3, 0.4) is 0 Å². The SMILES string of the molecule is C[C@@H](C(=O)Nc1ccccc1Sc1ccccc1)N1CCN(CC(=O)Nc2ccc(F)cc2)CC1. The van der Waals surface area contributed by atoms with Crippen LogP contribution in [0.15, 0.2) is 88.7 Å². The summed E-state index contributed by atoms with van der Waals surface area (Å²) >= 11 is 1.62. The van der Waals surface area contributed by atoms with Crippen molar-refractivity contribution in [2.75, 3.05) is 43.4 Å². The van der Waals surface area contributed by atoms with E-state index in [4.69, 9.17) is 0 Å². The highest BCUT2D eigenvalue weighted by Gasteiger charge is 2.26. The molecular formula is C27H29FN4O2S. The lowest BCUT2D eigenvalue weighted by molar-refractivity contribution is -0.122. The Morgan fingerprint density at radius 3 is 2.26 bits per heavy atom. The molecule has 1 heterocycles. The van der Waals surface area contributed by atoms with E-state index in [1.807, 2.05) is 61.5 Å². The van der Waals surface area contributed by atoms with E-state index in [2.05, 4.69) is 20.4 Å². The van der Waals surface area contributed by atoms with Gasteiger partial charge < -0.3 is 10.6 Å². The Kier molecular flexibility index (Phi) is 8.52. The molecule has 0 spiro atoms. The third-order valence-electron chi connectivity index (χ3n) is 5.95. The van der Waals surface area contributed by atoms with E-state index >= 15 is 0 Å². The van der Waals surface area contributed by atoms with E-state index < -0.39 is 0 Å². The molecule has 0 saturated carbocycles. The quantitative estimate of drug-likeness (QED) is 0.483. The first-order chi connectivity index (χ1) is 17.0. The van der Waals surface area contributed by atoms with Gasteiger partial charge in [0, 0.05) is 41.7 Å². The summed E-state index contributed by atoms with van der Waals surface area (Å²) in [6, 6.07) is 23.3. The zero-order chi connectivity index (χ0) is 24.6. The molecule has 0 aromatic heterocycles. The molecule has 0 bridgehead atoms. The summed E-state index contributed by atoms with van der Waals surface area (Å²) < 4.78 is 13.0. The van der Waals surface area contributed by atoms with E-state index in [0.29, 0.717) is 31.9 Å². The van der Waals surface area contributed by atoms with Gasteiger partial charge in [-0.1, -0.05) is 42.1 Å². The first-order valence-corrected chi connectivity index (χ1v) is 12.4. The molecule has 0 unspecified atom stereocenters. The van der Waals surface area contributed by atoms with Crippen LogP contribution in [-0.2, 0) is 9.59 Å². The van der Waals surface area contributed by atoms with Gasteiger partial charge >= 0.3 is 0 Å². The standard InChI is InChI=1S/C27H29FN4O2S/c1-20(27(34)30-24-9-5-6-10-25(24)35-23-7-3-2-4-8-23)32-17-15-31(16-18-32)19-26(33)29-22-13-11-21(28)12-14-22/h2-14,20H,15-19H2,1H3,(H,29,33)(H,30,34)/t20-/m0/s1. The zero-order valence-electron chi connectivity index (χ0n) is 19.6. The molecule has 6 nitrogen and oxygen atoms in total. The highest BCUT2D eigenvalue weighted by atomic mass is 32.2. The number of para-hydroxylation sites is 1. The lowest BCUT2D eigenvalue weighted by Crippen LogP contribution is -2.53. The van der Waals surface area contributed by atoms with Crippen molar-refractivity contribution in [1.29, 1.82) is 0 Å². The molecule has 182 valence electrons. The van der Waals surface area contributed by atoms with Crippen LogP contribution in [0.2, 0.25) is 0 Å². The molecule has 8 heteroatoms. The van der Waals surface area contributed by atoms with Crippen LogP contribution in [0.25, 0.3) is 0 Å². The van der Waals surface area contributed by atoms with Gasteiger partial charge in [-0.2, -0.15) is 0 Å². The average molecular weight is 493 g/mol. The Morgan fingerprint density at radius 1 is 0.886 bits per heavy atom. The number of nitrogens with one attached hydrogen (secondary N) is 2. The molecule has 1 aliphatic heterocycles. The van der Waals surface area contributed by atoms with Crippen molar-refractivity contribution in [3.8, 4) is 0 Å². The van der Waals surface area contributed by atoms with Crippen molar-refractivity contribution < 1.29 is 14.0 Å². The minimum absolute atomic E-state index is 0.0476. The fraction of sp³-hybridized carbons (Fsp3) is 0.259. The number of nitrogens with zero attached hydrogens (tertiary/aromatic N) is 2. The van der Waals surface area contributed by atoms with Gasteiger partial charge in [-0.15, -0.1) is 0 Å². The van der Waals surface area contributed by atoms with Crippen molar-refractivity contribution in [2.24, 2.45) is 0 Å². The number of anilines is 2. The minimum Gasteiger partial charge on any atom is -0.325 e. The summed E-state index contributed by atoms with van der Waals surface area (Å²) in [7, 11) is 0. The van der Waals surface area contributed by atoms with Crippen LogP contribution in [0, 0.1) is 5.82 Å². The number of piperazine rings is 1. The maximum atomic E-state index is 13.0. The molecule has 1 aliphatic rings. The number of hydrogen-bond acceptors (Lipinski definition) is 5. The molecule has 0 aliphatic carbocycles. The second-order valence-corrected chi connectivity index (χ2v) is 9.56. The molecule has 0 radical (unpaired) electrons. The third kappa shape index (κ3) is 7.14. The van der Waals surface area contributed by atoms with Gasteiger partial charge in [0.05, 0.1) is 18.3 Å². The Morgan fingerprint density at radius 2 is 1.54 bits per heavy atom. The van der Waals surface area contributed by atoms with E-state index in [9.17, 15) is 14.0 Å². The first-order valence-electron chi connectivity index (χ1n) is 11.6. The van der Waals surface area contributed by atoms with Crippen molar-refractivity contribution >= 4 is 35.0 Å². The van der Waals surface area contributed by atoms with Crippen molar-refractivity contribution in [1.82, 2.24) is 9.80 Å². The highest BCUT2D eigenvalue weighted by molar-refractivity contribution is 7.99. The maximum Gasteiger partial charge on any atom is 0.241 e. The molecular weight excluding hydrogens is 463 g/mol. The third-order valence-corrected chi connectivity index (χ3v) is 7.03. The van der Waals surface area contributed by atoms with E-state index in [1.54, 1.807) is 23.9 Å². The predicted octanol–water partition coefficient (Wildman–Crippen LogP) is 4.56. The molecule has 1 fully saturated rings. The number of amides is 2. The van der Waals surface area contributed by atoms with Crippen molar-refractivity contribution in [2.45, 2.75) is 22.8 Å². The van der Waals surface area contributed by atoms with Crippen LogP contribution in [0.5, 0.6) is 0 Å². The summed E-state index contributed by atoms with van der Waals surface area (Å²) in [5, 5.41) is 5.89. The van der Waals surface area contributed by atoms with Gasteiger partial charge in [0.2, 0.25) is 11.8 Å². The van der Waals surface area contributed by atoms with Gasteiger partial charge in [-0.3, -0.25) is 19.4 Å². The first kappa shape index (κ1) is 24.9.